The molecule has 0 radical (unpaired) electrons. The van der Waals surface area contributed by atoms with Crippen molar-refractivity contribution < 1.29 is 9.53 Å². The maximum absolute atomic E-state index is 11.8. The highest BCUT2D eigenvalue weighted by molar-refractivity contribution is 5.98. The van der Waals surface area contributed by atoms with Gasteiger partial charge in [0.1, 0.15) is 23.8 Å². The Morgan fingerprint density at radius 3 is 3.15 bits per heavy atom. The van der Waals surface area contributed by atoms with Gasteiger partial charge in [-0.15, -0.1) is 0 Å². The molecule has 104 valence electrons. The molecule has 1 aliphatic heterocycles. The first-order valence-corrected chi connectivity index (χ1v) is 6.60. The predicted molar refractivity (Wildman–Crippen MR) is 73.3 cm³/mol. The number of nitrogens with one attached hydrogen (secondary N) is 1. The van der Waals surface area contributed by atoms with Crippen molar-refractivity contribution in [2.24, 2.45) is 0 Å². The number of fused-ring (bicyclic) bond motifs is 1. The van der Waals surface area contributed by atoms with E-state index in [-0.39, 0.29) is 5.97 Å². The van der Waals surface area contributed by atoms with Gasteiger partial charge in [0.25, 0.3) is 0 Å². The van der Waals surface area contributed by atoms with Gasteiger partial charge >= 0.3 is 5.97 Å². The summed E-state index contributed by atoms with van der Waals surface area (Å²) >= 11 is 0. The molecule has 0 unspecified atom stereocenters. The number of ether oxygens (including phenoxy) is 1. The van der Waals surface area contributed by atoms with Crippen LogP contribution in [0, 0.1) is 6.92 Å². The summed E-state index contributed by atoms with van der Waals surface area (Å²) in [5, 5.41) is 3.20. The second-order valence-corrected chi connectivity index (χ2v) is 4.71. The number of pyridine rings is 1. The third-order valence-electron chi connectivity index (χ3n) is 3.35. The van der Waals surface area contributed by atoms with Crippen molar-refractivity contribution in [3.63, 3.8) is 0 Å². The molecule has 0 spiro atoms. The topological polar surface area (TPSA) is 69.0 Å². The van der Waals surface area contributed by atoms with E-state index in [0.29, 0.717) is 24.5 Å². The molecule has 0 saturated heterocycles. The Bertz CT molecular complexity index is 663. The van der Waals surface area contributed by atoms with E-state index < -0.39 is 0 Å². The molecule has 0 amide bonds. The summed E-state index contributed by atoms with van der Waals surface area (Å²) < 4.78 is 7.10. The van der Waals surface area contributed by atoms with Crippen molar-refractivity contribution in [1.82, 2.24) is 14.5 Å². The van der Waals surface area contributed by atoms with E-state index in [1.165, 1.54) is 0 Å². The van der Waals surface area contributed by atoms with E-state index in [1.807, 2.05) is 23.8 Å². The second kappa shape index (κ2) is 4.96. The number of hydrogen-bond donors (Lipinski definition) is 1. The highest BCUT2D eigenvalue weighted by Crippen LogP contribution is 2.26. The molecule has 3 rings (SSSR count). The lowest BCUT2D eigenvalue weighted by atomic mass is 10.1. The Morgan fingerprint density at radius 1 is 1.50 bits per heavy atom. The molecule has 2 aromatic heterocycles. The molecular weight excluding hydrogens is 256 g/mol. The Balaban J connectivity index is 1.86. The van der Waals surface area contributed by atoms with E-state index in [2.05, 4.69) is 22.2 Å². The Hall–Kier alpha value is -2.37. The quantitative estimate of drug-likeness (QED) is 0.861. The van der Waals surface area contributed by atoms with Gasteiger partial charge in [-0.2, -0.15) is 0 Å². The summed E-state index contributed by atoms with van der Waals surface area (Å²) in [5.41, 5.74) is 2.30. The van der Waals surface area contributed by atoms with Crippen molar-refractivity contribution in [2.45, 2.75) is 33.5 Å². The highest BCUT2D eigenvalue weighted by atomic mass is 16.5. The maximum atomic E-state index is 11.8. The number of imidazole rings is 1. The van der Waals surface area contributed by atoms with E-state index in [0.717, 1.165) is 23.6 Å². The third kappa shape index (κ3) is 2.13. The number of cyclic esters (lactones) is 1. The van der Waals surface area contributed by atoms with Crippen LogP contribution in [0.15, 0.2) is 18.5 Å². The predicted octanol–water partition coefficient (Wildman–Crippen LogP) is 1.89. The van der Waals surface area contributed by atoms with Crippen LogP contribution in [0.1, 0.15) is 34.4 Å². The van der Waals surface area contributed by atoms with Crippen LogP contribution in [0.5, 0.6) is 0 Å². The minimum absolute atomic E-state index is 0.311. The Kier molecular flexibility index (Phi) is 3.14. The zero-order valence-corrected chi connectivity index (χ0v) is 11.5. The van der Waals surface area contributed by atoms with Gasteiger partial charge in [-0.05, 0) is 19.9 Å². The maximum Gasteiger partial charge on any atom is 0.342 e. The van der Waals surface area contributed by atoms with Crippen LogP contribution in [0.25, 0.3) is 0 Å². The fourth-order valence-electron chi connectivity index (χ4n) is 2.38. The molecule has 6 nitrogen and oxygen atoms in total. The van der Waals surface area contributed by atoms with Gasteiger partial charge in [0, 0.05) is 30.2 Å². The molecule has 1 aliphatic rings. The van der Waals surface area contributed by atoms with Crippen LogP contribution in [0.2, 0.25) is 0 Å². The first-order valence-electron chi connectivity index (χ1n) is 6.60. The SMILES string of the molecule is CCn1ccnc1CNc1nc(C)cc2c1C(=O)OC2. The molecule has 1 N–H and O–H groups in total. The standard InChI is InChI=1S/C14H16N4O2/c1-3-18-5-4-15-11(18)7-16-13-12-10(6-9(2)17-13)8-20-14(12)19/h4-6H,3,7-8H2,1-2H3,(H,16,17). The molecule has 20 heavy (non-hydrogen) atoms. The number of esters is 1. The molecule has 0 aliphatic carbocycles. The number of anilines is 1. The highest BCUT2D eigenvalue weighted by Gasteiger charge is 2.26. The summed E-state index contributed by atoms with van der Waals surface area (Å²) in [4.78, 5) is 20.5. The van der Waals surface area contributed by atoms with Crippen molar-refractivity contribution in [1.29, 1.82) is 0 Å². The molecule has 0 aromatic carbocycles. The Morgan fingerprint density at radius 2 is 2.35 bits per heavy atom. The van der Waals surface area contributed by atoms with Gasteiger partial charge in [-0.1, -0.05) is 0 Å². The molecule has 0 atom stereocenters. The average molecular weight is 272 g/mol. The van der Waals surface area contributed by atoms with Crippen LogP contribution in [-0.4, -0.2) is 20.5 Å². The minimum atomic E-state index is -0.311. The molecule has 0 bridgehead atoms. The Labute approximate surface area is 116 Å². The van der Waals surface area contributed by atoms with E-state index in [4.69, 9.17) is 4.74 Å². The normalized spacial score (nSPS) is 13.2. The summed E-state index contributed by atoms with van der Waals surface area (Å²) in [6, 6.07) is 1.89. The van der Waals surface area contributed by atoms with Crippen LogP contribution < -0.4 is 5.32 Å². The monoisotopic (exact) mass is 272 g/mol. The third-order valence-corrected chi connectivity index (χ3v) is 3.35. The zero-order valence-electron chi connectivity index (χ0n) is 11.5. The molecule has 6 heteroatoms. The van der Waals surface area contributed by atoms with Crippen molar-refractivity contribution in [3.05, 3.63) is 41.1 Å². The summed E-state index contributed by atoms with van der Waals surface area (Å²) in [5.74, 6) is 1.18. The number of rotatable bonds is 4. The second-order valence-electron chi connectivity index (χ2n) is 4.71. The number of aryl methyl sites for hydroxylation is 2. The van der Waals surface area contributed by atoms with Crippen LogP contribution in [0.3, 0.4) is 0 Å². The fourth-order valence-corrected chi connectivity index (χ4v) is 2.38. The molecule has 0 fully saturated rings. The molecule has 3 heterocycles. The largest absolute Gasteiger partial charge is 0.457 e. The van der Waals surface area contributed by atoms with Crippen molar-refractivity contribution in [2.75, 3.05) is 5.32 Å². The van der Waals surface area contributed by atoms with Gasteiger partial charge in [0.05, 0.1) is 6.54 Å². The smallest absolute Gasteiger partial charge is 0.342 e. The number of aromatic nitrogens is 3. The number of carbonyl (C=O) groups excluding carboxylic acids is 1. The number of hydrogen-bond acceptors (Lipinski definition) is 5. The van der Waals surface area contributed by atoms with Crippen LogP contribution >= 0.6 is 0 Å². The van der Waals surface area contributed by atoms with E-state index >= 15 is 0 Å². The van der Waals surface area contributed by atoms with Gasteiger partial charge in [-0.25, -0.2) is 14.8 Å². The first-order chi connectivity index (χ1) is 9.69. The lowest BCUT2D eigenvalue weighted by Gasteiger charge is -2.10. The summed E-state index contributed by atoms with van der Waals surface area (Å²) in [6.07, 6.45) is 3.70. The zero-order chi connectivity index (χ0) is 14.1. The average Bonchev–Trinajstić information content (AvgIpc) is 3.02. The molecule has 0 saturated carbocycles. The fraction of sp³-hybridized carbons (Fsp3) is 0.357. The minimum Gasteiger partial charge on any atom is -0.457 e. The van der Waals surface area contributed by atoms with Crippen molar-refractivity contribution in [3.8, 4) is 0 Å². The van der Waals surface area contributed by atoms with Crippen LogP contribution in [0.4, 0.5) is 5.82 Å². The molecular formula is C14H16N4O2. The number of nitrogens with zero attached hydrogens (tertiary/aromatic N) is 3. The van der Waals surface area contributed by atoms with Crippen molar-refractivity contribution >= 4 is 11.8 Å². The lowest BCUT2D eigenvalue weighted by molar-refractivity contribution is 0.0535. The first kappa shape index (κ1) is 12.7. The van der Waals surface area contributed by atoms with Gasteiger partial charge in [0.15, 0.2) is 0 Å². The number of carbonyl (C=O) groups is 1. The lowest BCUT2D eigenvalue weighted by Crippen LogP contribution is -2.11. The van der Waals surface area contributed by atoms with Gasteiger partial charge in [0.2, 0.25) is 0 Å². The van der Waals surface area contributed by atoms with Gasteiger partial charge in [-0.3, -0.25) is 0 Å². The summed E-state index contributed by atoms with van der Waals surface area (Å²) in [7, 11) is 0. The molecule has 2 aromatic rings. The van der Waals surface area contributed by atoms with E-state index in [9.17, 15) is 4.79 Å². The van der Waals surface area contributed by atoms with Gasteiger partial charge < -0.3 is 14.6 Å². The van der Waals surface area contributed by atoms with Crippen LogP contribution in [-0.2, 0) is 24.4 Å². The summed E-state index contributed by atoms with van der Waals surface area (Å²) in [6.45, 7) is 5.68. The van der Waals surface area contributed by atoms with E-state index in [1.54, 1.807) is 6.20 Å².